The summed E-state index contributed by atoms with van der Waals surface area (Å²) in [7, 11) is 1.86. The van der Waals surface area contributed by atoms with Crippen LogP contribution < -0.4 is 4.90 Å². The number of nitrogens with zero attached hydrogens (tertiary/aromatic N) is 2. The highest BCUT2D eigenvalue weighted by atomic mass is 16.6. The van der Waals surface area contributed by atoms with Crippen LogP contribution in [0, 0.1) is 10.1 Å². The minimum atomic E-state index is -0.399. The van der Waals surface area contributed by atoms with Crippen LogP contribution >= 0.6 is 0 Å². The number of hydrogen-bond donors (Lipinski definition) is 1. The average molecular weight is 252 g/mol. The number of nitro groups is 1. The zero-order valence-electron chi connectivity index (χ0n) is 11.1. The molecule has 5 nitrogen and oxygen atoms in total. The quantitative estimate of drug-likeness (QED) is 0.624. The van der Waals surface area contributed by atoms with E-state index >= 15 is 0 Å². The second-order valence-corrected chi connectivity index (χ2v) is 4.49. The summed E-state index contributed by atoms with van der Waals surface area (Å²) in [6.45, 7) is 3.95. The second-order valence-electron chi connectivity index (χ2n) is 4.49. The Morgan fingerprint density at radius 1 is 1.50 bits per heavy atom. The van der Waals surface area contributed by atoms with E-state index in [0.717, 1.165) is 12.8 Å². The third kappa shape index (κ3) is 3.20. The molecule has 0 aliphatic rings. The number of anilines is 1. The van der Waals surface area contributed by atoms with Gasteiger partial charge in [-0.15, -0.1) is 0 Å². The van der Waals surface area contributed by atoms with Crippen molar-refractivity contribution in [3.63, 3.8) is 0 Å². The fourth-order valence-electron chi connectivity index (χ4n) is 1.96. The minimum absolute atomic E-state index is 0.0482. The maximum atomic E-state index is 11.1. The Hall–Kier alpha value is -1.62. The van der Waals surface area contributed by atoms with Crippen molar-refractivity contribution in [2.24, 2.45) is 0 Å². The van der Waals surface area contributed by atoms with Crippen molar-refractivity contribution in [1.82, 2.24) is 0 Å². The van der Waals surface area contributed by atoms with Crippen LogP contribution in [0.5, 0.6) is 0 Å². The second kappa shape index (κ2) is 6.35. The first kappa shape index (κ1) is 14.4. The first-order valence-corrected chi connectivity index (χ1v) is 6.12. The van der Waals surface area contributed by atoms with Crippen molar-refractivity contribution >= 4 is 11.4 Å². The van der Waals surface area contributed by atoms with Gasteiger partial charge in [-0.2, -0.15) is 0 Å². The number of rotatable bonds is 6. The molecule has 0 spiro atoms. The van der Waals surface area contributed by atoms with Gasteiger partial charge in [-0.1, -0.05) is 19.4 Å². The van der Waals surface area contributed by atoms with E-state index in [1.54, 1.807) is 12.1 Å². The maximum absolute atomic E-state index is 11.1. The Morgan fingerprint density at radius 2 is 2.17 bits per heavy atom. The summed E-state index contributed by atoms with van der Waals surface area (Å²) in [5.41, 5.74) is 1.20. The van der Waals surface area contributed by atoms with E-state index in [1.165, 1.54) is 6.07 Å². The van der Waals surface area contributed by atoms with Crippen LogP contribution in [0.3, 0.4) is 0 Å². The topological polar surface area (TPSA) is 66.6 Å². The van der Waals surface area contributed by atoms with Crippen LogP contribution in [0.1, 0.15) is 32.3 Å². The summed E-state index contributed by atoms with van der Waals surface area (Å²) >= 11 is 0. The van der Waals surface area contributed by atoms with Gasteiger partial charge in [-0.3, -0.25) is 10.1 Å². The van der Waals surface area contributed by atoms with Crippen LogP contribution in [0.15, 0.2) is 18.2 Å². The molecule has 100 valence electrons. The Labute approximate surface area is 107 Å². The summed E-state index contributed by atoms with van der Waals surface area (Å²) in [5.74, 6) is 0. The van der Waals surface area contributed by atoms with Crippen molar-refractivity contribution in [3.8, 4) is 0 Å². The molecule has 0 aliphatic carbocycles. The largest absolute Gasteiger partial charge is 0.392 e. The molecule has 0 bridgehead atoms. The van der Waals surface area contributed by atoms with Crippen LogP contribution in [-0.2, 0) is 6.61 Å². The third-order valence-corrected chi connectivity index (χ3v) is 3.17. The molecule has 0 aliphatic heterocycles. The Morgan fingerprint density at radius 3 is 2.67 bits per heavy atom. The Bertz CT molecular complexity index is 421. The van der Waals surface area contributed by atoms with Gasteiger partial charge >= 0.3 is 0 Å². The number of benzene rings is 1. The molecule has 0 heterocycles. The summed E-state index contributed by atoms with van der Waals surface area (Å²) in [6, 6.07) is 5.10. The van der Waals surface area contributed by atoms with E-state index in [2.05, 4.69) is 6.92 Å². The standard InChI is InChI=1S/C13H20N2O3/c1-4-5-10(2)14(3)12-7-6-11(9-16)8-13(12)15(17)18/h6-8,10,16H,4-5,9H2,1-3H3. The summed E-state index contributed by atoms with van der Waals surface area (Å²) in [5, 5.41) is 20.1. The Balaban J connectivity index is 3.10. The lowest BCUT2D eigenvalue weighted by atomic mass is 10.1. The molecule has 0 saturated heterocycles. The zero-order valence-corrected chi connectivity index (χ0v) is 11.1. The van der Waals surface area contributed by atoms with Crippen LogP contribution in [0.25, 0.3) is 0 Å². The van der Waals surface area contributed by atoms with Gasteiger partial charge < -0.3 is 10.0 Å². The van der Waals surface area contributed by atoms with Crippen molar-refractivity contribution in [1.29, 1.82) is 0 Å². The van der Waals surface area contributed by atoms with E-state index in [4.69, 9.17) is 5.11 Å². The van der Waals surface area contributed by atoms with Gasteiger partial charge in [-0.25, -0.2) is 0 Å². The lowest BCUT2D eigenvalue weighted by molar-refractivity contribution is -0.384. The summed E-state index contributed by atoms with van der Waals surface area (Å²) < 4.78 is 0. The fourth-order valence-corrected chi connectivity index (χ4v) is 1.96. The molecule has 1 unspecified atom stereocenters. The van der Waals surface area contributed by atoms with Gasteiger partial charge in [0.2, 0.25) is 0 Å². The van der Waals surface area contributed by atoms with Crippen molar-refractivity contribution in [3.05, 3.63) is 33.9 Å². The molecule has 0 fully saturated rings. The highest BCUT2D eigenvalue weighted by molar-refractivity contribution is 5.64. The fraction of sp³-hybridized carbons (Fsp3) is 0.538. The molecule has 5 heteroatoms. The first-order chi connectivity index (χ1) is 8.51. The molecule has 0 radical (unpaired) electrons. The molecule has 1 aromatic rings. The predicted octanol–water partition coefficient (Wildman–Crippen LogP) is 2.71. The number of hydrogen-bond acceptors (Lipinski definition) is 4. The van der Waals surface area contributed by atoms with Gasteiger partial charge in [0.1, 0.15) is 5.69 Å². The lowest BCUT2D eigenvalue weighted by Gasteiger charge is -2.26. The SMILES string of the molecule is CCCC(C)N(C)c1ccc(CO)cc1[N+](=O)[O-]. The van der Waals surface area contributed by atoms with Crippen molar-refractivity contribution < 1.29 is 10.0 Å². The van der Waals surface area contributed by atoms with E-state index in [1.807, 2.05) is 18.9 Å². The molecular formula is C13H20N2O3. The van der Waals surface area contributed by atoms with E-state index in [0.29, 0.717) is 11.3 Å². The number of aliphatic hydroxyl groups excluding tert-OH is 1. The van der Waals surface area contributed by atoms with E-state index < -0.39 is 4.92 Å². The zero-order chi connectivity index (χ0) is 13.7. The number of nitro benzene ring substituents is 1. The van der Waals surface area contributed by atoms with Gasteiger partial charge in [-0.05, 0) is 25.0 Å². The molecule has 18 heavy (non-hydrogen) atoms. The van der Waals surface area contributed by atoms with Gasteiger partial charge in [0.05, 0.1) is 11.5 Å². The van der Waals surface area contributed by atoms with Crippen molar-refractivity contribution in [2.75, 3.05) is 11.9 Å². The van der Waals surface area contributed by atoms with E-state index in [-0.39, 0.29) is 18.3 Å². The van der Waals surface area contributed by atoms with E-state index in [9.17, 15) is 10.1 Å². The van der Waals surface area contributed by atoms with Gasteiger partial charge in [0.25, 0.3) is 5.69 Å². The first-order valence-electron chi connectivity index (χ1n) is 6.12. The molecule has 0 saturated carbocycles. The maximum Gasteiger partial charge on any atom is 0.292 e. The molecule has 1 atom stereocenters. The lowest BCUT2D eigenvalue weighted by Crippen LogP contribution is -2.29. The predicted molar refractivity (Wildman–Crippen MR) is 71.8 cm³/mol. The van der Waals surface area contributed by atoms with Gasteiger partial charge in [0.15, 0.2) is 0 Å². The average Bonchev–Trinajstić information content (AvgIpc) is 2.37. The normalized spacial score (nSPS) is 12.2. The molecule has 1 rings (SSSR count). The minimum Gasteiger partial charge on any atom is -0.392 e. The highest BCUT2D eigenvalue weighted by Gasteiger charge is 2.20. The monoisotopic (exact) mass is 252 g/mol. The molecule has 1 N–H and O–H groups in total. The van der Waals surface area contributed by atoms with Gasteiger partial charge in [0, 0.05) is 19.2 Å². The summed E-state index contributed by atoms with van der Waals surface area (Å²) in [6.07, 6.45) is 2.02. The Kier molecular flexibility index (Phi) is 5.09. The molecular weight excluding hydrogens is 232 g/mol. The molecule has 0 aromatic heterocycles. The smallest absolute Gasteiger partial charge is 0.292 e. The molecule has 1 aromatic carbocycles. The van der Waals surface area contributed by atoms with Crippen LogP contribution in [0.4, 0.5) is 11.4 Å². The third-order valence-electron chi connectivity index (χ3n) is 3.17. The summed E-state index contributed by atoms with van der Waals surface area (Å²) in [4.78, 5) is 12.6. The highest BCUT2D eigenvalue weighted by Crippen LogP contribution is 2.30. The van der Waals surface area contributed by atoms with Crippen molar-refractivity contribution in [2.45, 2.75) is 39.3 Å². The number of aliphatic hydroxyl groups is 1. The van der Waals surface area contributed by atoms with Crippen LogP contribution in [-0.4, -0.2) is 23.1 Å². The van der Waals surface area contributed by atoms with Crippen LogP contribution in [0.2, 0.25) is 0 Å². The molecule has 0 amide bonds.